The Morgan fingerprint density at radius 3 is 2.40 bits per heavy atom. The van der Waals surface area contributed by atoms with Crippen LogP contribution in [0.4, 0.5) is 17.1 Å². The second-order valence-corrected chi connectivity index (χ2v) is 7.55. The molecule has 1 N–H and O–H groups in total. The van der Waals surface area contributed by atoms with Crippen LogP contribution in [0.25, 0.3) is 0 Å². The molecule has 1 aromatic heterocycles. The maximum Gasteiger partial charge on any atom is 0.306 e. The van der Waals surface area contributed by atoms with Gasteiger partial charge in [-0.15, -0.1) is 0 Å². The van der Waals surface area contributed by atoms with Crippen LogP contribution in [-0.4, -0.2) is 25.5 Å². The number of aryl methyl sites for hydroxylation is 2. The number of nitro groups is 2. The first kappa shape index (κ1) is 21.0. The third kappa shape index (κ3) is 5.64. The van der Waals surface area contributed by atoms with Crippen LogP contribution in [0.5, 0.6) is 0 Å². The normalized spacial score (nSPS) is 10.6. The lowest BCUT2D eigenvalue weighted by Crippen LogP contribution is -2.15. The lowest BCUT2D eigenvalue weighted by atomic mass is 10.2. The van der Waals surface area contributed by atoms with Crippen LogP contribution >= 0.6 is 11.8 Å². The molecule has 0 spiro atoms. The van der Waals surface area contributed by atoms with E-state index in [-0.39, 0.29) is 30.2 Å². The largest absolute Gasteiger partial charge is 0.326 e. The van der Waals surface area contributed by atoms with E-state index in [0.717, 1.165) is 16.7 Å². The van der Waals surface area contributed by atoms with Gasteiger partial charge < -0.3 is 5.32 Å². The number of anilines is 1. The SMILES string of the molecule is Cc1ccc(Sc2cc(NC(=O)CCn3cc([N+](=O)[O-])cn3)cc([N+](=O)[O-])c2)cc1. The van der Waals surface area contributed by atoms with Crippen LogP contribution < -0.4 is 5.32 Å². The first-order chi connectivity index (χ1) is 14.3. The lowest BCUT2D eigenvalue weighted by molar-refractivity contribution is -0.385. The highest BCUT2D eigenvalue weighted by Gasteiger charge is 2.14. The maximum absolute atomic E-state index is 12.3. The molecule has 2 aromatic carbocycles. The number of hydrogen-bond acceptors (Lipinski definition) is 7. The van der Waals surface area contributed by atoms with Gasteiger partial charge in [0.05, 0.1) is 9.85 Å². The van der Waals surface area contributed by atoms with Gasteiger partial charge in [0.1, 0.15) is 12.4 Å². The number of carbonyl (C=O) groups is 1. The summed E-state index contributed by atoms with van der Waals surface area (Å²) in [7, 11) is 0. The Balaban J connectivity index is 1.69. The fourth-order valence-electron chi connectivity index (χ4n) is 2.57. The van der Waals surface area contributed by atoms with Gasteiger partial charge in [-0.3, -0.25) is 29.7 Å². The van der Waals surface area contributed by atoms with Crippen molar-refractivity contribution >= 4 is 34.7 Å². The second kappa shape index (κ2) is 9.18. The predicted molar refractivity (Wildman–Crippen MR) is 111 cm³/mol. The van der Waals surface area contributed by atoms with Crippen LogP contribution in [0.3, 0.4) is 0 Å². The molecule has 0 aliphatic rings. The van der Waals surface area contributed by atoms with Crippen molar-refractivity contribution in [1.29, 1.82) is 0 Å². The molecule has 0 bridgehead atoms. The Kier molecular flexibility index (Phi) is 6.42. The summed E-state index contributed by atoms with van der Waals surface area (Å²) in [5.41, 5.74) is 1.11. The molecule has 0 saturated heterocycles. The molecule has 10 nitrogen and oxygen atoms in total. The van der Waals surface area contributed by atoms with Crippen molar-refractivity contribution in [1.82, 2.24) is 9.78 Å². The van der Waals surface area contributed by atoms with Crippen LogP contribution in [0, 0.1) is 27.2 Å². The molecule has 11 heteroatoms. The Morgan fingerprint density at radius 2 is 1.77 bits per heavy atom. The number of aromatic nitrogens is 2. The molecule has 0 atom stereocenters. The van der Waals surface area contributed by atoms with Gasteiger partial charge in [0.25, 0.3) is 5.69 Å². The van der Waals surface area contributed by atoms with Gasteiger partial charge >= 0.3 is 5.69 Å². The van der Waals surface area contributed by atoms with Crippen molar-refractivity contribution in [3.05, 3.63) is 80.7 Å². The minimum absolute atomic E-state index is 0.00195. The quantitative estimate of drug-likeness (QED) is 0.421. The van der Waals surface area contributed by atoms with Crippen molar-refractivity contribution in [3.63, 3.8) is 0 Å². The molecule has 0 aliphatic carbocycles. The number of nitrogens with one attached hydrogen (secondary N) is 1. The van der Waals surface area contributed by atoms with Gasteiger partial charge in [0.2, 0.25) is 5.91 Å². The van der Waals surface area contributed by atoms with E-state index in [2.05, 4.69) is 10.4 Å². The highest BCUT2D eigenvalue weighted by Crippen LogP contribution is 2.33. The molecule has 1 amide bonds. The van der Waals surface area contributed by atoms with Crippen LogP contribution in [0.1, 0.15) is 12.0 Å². The van der Waals surface area contributed by atoms with Gasteiger partial charge in [-0.25, -0.2) is 0 Å². The molecule has 0 fully saturated rings. The maximum atomic E-state index is 12.3. The summed E-state index contributed by atoms with van der Waals surface area (Å²) in [6.45, 7) is 2.11. The number of nitro benzene ring substituents is 1. The van der Waals surface area contributed by atoms with Crippen LogP contribution in [0.15, 0.2) is 64.6 Å². The Labute approximate surface area is 175 Å². The zero-order valence-corrected chi connectivity index (χ0v) is 16.7. The minimum Gasteiger partial charge on any atom is -0.326 e. The molecule has 30 heavy (non-hydrogen) atoms. The third-order valence-electron chi connectivity index (χ3n) is 4.04. The summed E-state index contributed by atoms with van der Waals surface area (Å²) >= 11 is 1.35. The summed E-state index contributed by atoms with van der Waals surface area (Å²) in [4.78, 5) is 34.6. The van der Waals surface area contributed by atoms with Crippen molar-refractivity contribution in [2.75, 3.05) is 5.32 Å². The molecule has 0 saturated carbocycles. The number of benzene rings is 2. The summed E-state index contributed by atoms with van der Waals surface area (Å²) in [5.74, 6) is -0.389. The average molecular weight is 427 g/mol. The van der Waals surface area contributed by atoms with Gasteiger partial charge in [0.15, 0.2) is 0 Å². The van der Waals surface area contributed by atoms with E-state index in [1.807, 2.05) is 31.2 Å². The highest BCUT2D eigenvalue weighted by molar-refractivity contribution is 7.99. The summed E-state index contributed by atoms with van der Waals surface area (Å²) < 4.78 is 1.30. The predicted octanol–water partition coefficient (Wildman–Crippen LogP) is 4.19. The van der Waals surface area contributed by atoms with Crippen LogP contribution in [-0.2, 0) is 11.3 Å². The van der Waals surface area contributed by atoms with E-state index >= 15 is 0 Å². The van der Waals surface area contributed by atoms with Crippen LogP contribution in [0.2, 0.25) is 0 Å². The number of amides is 1. The Morgan fingerprint density at radius 1 is 1.07 bits per heavy atom. The van der Waals surface area contributed by atoms with Gasteiger partial charge in [0, 0.05) is 40.6 Å². The fourth-order valence-corrected chi connectivity index (χ4v) is 3.48. The molecule has 3 aromatic rings. The Hall–Kier alpha value is -3.73. The first-order valence-corrected chi connectivity index (χ1v) is 9.62. The van der Waals surface area contributed by atoms with E-state index in [4.69, 9.17) is 0 Å². The van der Waals surface area contributed by atoms with Gasteiger partial charge in [-0.2, -0.15) is 5.10 Å². The smallest absolute Gasteiger partial charge is 0.306 e. The number of rotatable bonds is 8. The first-order valence-electron chi connectivity index (χ1n) is 8.81. The highest BCUT2D eigenvalue weighted by atomic mass is 32.2. The summed E-state index contributed by atoms with van der Waals surface area (Å²) in [6, 6.07) is 12.1. The van der Waals surface area contributed by atoms with Crippen molar-refractivity contribution in [2.24, 2.45) is 0 Å². The number of hydrogen-bond donors (Lipinski definition) is 1. The van der Waals surface area contributed by atoms with Crippen molar-refractivity contribution < 1.29 is 14.6 Å². The standard InChI is InChI=1S/C19H17N5O5S/c1-13-2-4-17(5-3-13)30-18-9-14(8-15(10-18)23(26)27)21-19(25)6-7-22-12-16(11-20-22)24(28)29/h2-5,8-12H,6-7H2,1H3,(H,21,25). The van der Waals surface area contributed by atoms with Crippen molar-refractivity contribution in [3.8, 4) is 0 Å². The average Bonchev–Trinajstić information content (AvgIpc) is 3.17. The molecule has 1 heterocycles. The van der Waals surface area contributed by atoms with E-state index < -0.39 is 9.85 Å². The van der Waals surface area contributed by atoms with E-state index in [0.29, 0.717) is 10.6 Å². The van der Waals surface area contributed by atoms with Gasteiger partial charge in [-0.05, 0) is 25.1 Å². The molecule has 0 aliphatic heterocycles. The third-order valence-corrected chi connectivity index (χ3v) is 5.02. The number of non-ortho nitro benzene ring substituents is 1. The molecule has 0 radical (unpaired) electrons. The fraction of sp³-hybridized carbons (Fsp3) is 0.158. The zero-order valence-electron chi connectivity index (χ0n) is 15.8. The molecule has 3 rings (SSSR count). The number of carbonyl (C=O) groups excluding carboxylic acids is 1. The van der Waals surface area contributed by atoms with E-state index in [1.165, 1.54) is 34.8 Å². The van der Waals surface area contributed by atoms with E-state index in [9.17, 15) is 25.0 Å². The molecular formula is C19H17N5O5S. The number of nitrogens with zero attached hydrogens (tertiary/aromatic N) is 4. The monoisotopic (exact) mass is 427 g/mol. The second-order valence-electron chi connectivity index (χ2n) is 6.40. The Bertz CT molecular complexity index is 1100. The lowest BCUT2D eigenvalue weighted by Gasteiger charge is -2.08. The minimum atomic E-state index is -0.570. The molecule has 0 unspecified atom stereocenters. The topological polar surface area (TPSA) is 133 Å². The molecule has 154 valence electrons. The zero-order chi connectivity index (χ0) is 21.7. The van der Waals surface area contributed by atoms with Gasteiger partial charge in [-0.1, -0.05) is 29.5 Å². The summed E-state index contributed by atoms with van der Waals surface area (Å²) in [6.07, 6.45) is 2.34. The van der Waals surface area contributed by atoms with Crippen molar-refractivity contribution in [2.45, 2.75) is 29.7 Å². The summed E-state index contributed by atoms with van der Waals surface area (Å²) in [5, 5.41) is 28.4. The molecular weight excluding hydrogens is 410 g/mol. The van der Waals surface area contributed by atoms with E-state index in [1.54, 1.807) is 6.07 Å².